The van der Waals surface area contributed by atoms with Crippen LogP contribution in [0.3, 0.4) is 0 Å². The van der Waals surface area contributed by atoms with Crippen LogP contribution in [-0.4, -0.2) is 47.6 Å². The number of ether oxygens (including phenoxy) is 2. The Bertz CT molecular complexity index is 244. The molecule has 0 aromatic carbocycles. The second-order valence-corrected chi connectivity index (χ2v) is 8.19. The van der Waals surface area contributed by atoms with E-state index in [0.717, 1.165) is 19.6 Å². The number of hydrogen-bond donors (Lipinski definition) is 0. The molecular weight excluding hydrogens is 294 g/mol. The van der Waals surface area contributed by atoms with E-state index in [4.69, 9.17) is 14.3 Å². The number of hydroxylamine groups is 1. The predicted molar refractivity (Wildman–Crippen MR) is 94.6 cm³/mol. The molecule has 1 unspecified atom stereocenters. The summed E-state index contributed by atoms with van der Waals surface area (Å²) in [6.45, 7) is 4.59. The van der Waals surface area contributed by atoms with Crippen molar-refractivity contribution in [2.24, 2.45) is 0 Å². The summed E-state index contributed by atoms with van der Waals surface area (Å²) in [5.41, 5.74) is 0. The fourth-order valence-corrected chi connectivity index (χ4v) is 4.37. The SMILES string of the molecule is CCCCCCCCCOCOC1CCC[SiH2]N(OC)CC1. The van der Waals surface area contributed by atoms with Crippen LogP contribution in [0.2, 0.25) is 6.04 Å². The normalized spacial score (nSPS) is 21.8. The first kappa shape index (κ1) is 20.1. The molecule has 5 heteroatoms. The summed E-state index contributed by atoms with van der Waals surface area (Å²) in [6.07, 6.45) is 13.2. The number of rotatable bonds is 12. The molecule has 0 spiro atoms. The number of hydrogen-bond acceptors (Lipinski definition) is 4. The zero-order chi connectivity index (χ0) is 15.9. The molecule has 1 aliphatic rings. The van der Waals surface area contributed by atoms with E-state index in [1.807, 2.05) is 0 Å². The van der Waals surface area contributed by atoms with E-state index in [-0.39, 0.29) is 9.68 Å². The van der Waals surface area contributed by atoms with Gasteiger partial charge in [-0.15, -0.1) is 0 Å². The van der Waals surface area contributed by atoms with Crippen molar-refractivity contribution >= 4 is 9.68 Å². The van der Waals surface area contributed by atoms with Crippen LogP contribution < -0.4 is 0 Å². The lowest BCUT2D eigenvalue weighted by molar-refractivity contribution is -0.109. The second-order valence-electron chi connectivity index (χ2n) is 6.33. The van der Waals surface area contributed by atoms with E-state index in [1.165, 1.54) is 63.8 Å². The highest BCUT2D eigenvalue weighted by molar-refractivity contribution is 6.31. The molecule has 0 amide bonds. The molecular formula is C17H37NO3Si. The Hall–Kier alpha value is 0.0569. The molecule has 0 aromatic heterocycles. The maximum Gasteiger partial charge on any atom is 0.147 e. The average molecular weight is 332 g/mol. The molecule has 0 aliphatic carbocycles. The molecule has 1 rings (SSSR count). The molecule has 0 aromatic rings. The van der Waals surface area contributed by atoms with Crippen molar-refractivity contribution in [3.63, 3.8) is 0 Å². The van der Waals surface area contributed by atoms with Crippen molar-refractivity contribution in [3.8, 4) is 0 Å². The van der Waals surface area contributed by atoms with Gasteiger partial charge in [-0.2, -0.15) is 0 Å². The number of unbranched alkanes of at least 4 members (excludes halogenated alkanes) is 6. The van der Waals surface area contributed by atoms with Crippen LogP contribution in [-0.2, 0) is 14.3 Å². The van der Waals surface area contributed by atoms with Crippen LogP contribution in [0, 0.1) is 0 Å². The van der Waals surface area contributed by atoms with Crippen molar-refractivity contribution in [1.82, 2.24) is 4.73 Å². The fourth-order valence-electron chi connectivity index (χ4n) is 2.92. The topological polar surface area (TPSA) is 30.9 Å². The summed E-state index contributed by atoms with van der Waals surface area (Å²) in [4.78, 5) is 5.39. The van der Waals surface area contributed by atoms with Gasteiger partial charge in [0.25, 0.3) is 0 Å². The summed E-state index contributed by atoms with van der Waals surface area (Å²) < 4.78 is 13.7. The minimum atomic E-state index is -0.174. The summed E-state index contributed by atoms with van der Waals surface area (Å²) >= 11 is 0. The highest BCUT2D eigenvalue weighted by Gasteiger charge is 2.15. The highest BCUT2D eigenvalue weighted by Crippen LogP contribution is 2.14. The first-order valence-corrected chi connectivity index (χ1v) is 11.0. The molecule has 4 nitrogen and oxygen atoms in total. The minimum Gasteiger partial charge on any atom is -0.355 e. The van der Waals surface area contributed by atoms with Crippen molar-refractivity contribution in [3.05, 3.63) is 0 Å². The molecule has 0 N–H and O–H groups in total. The molecule has 1 fully saturated rings. The molecule has 0 bridgehead atoms. The molecule has 0 saturated carbocycles. The van der Waals surface area contributed by atoms with E-state index in [2.05, 4.69) is 11.7 Å². The standard InChI is InChI=1S/C17H37NO3Si/c1-3-4-5-6-7-8-9-14-20-16-21-17-11-10-15-22-18(19-2)13-12-17/h17H,3-16,22H2,1-2H3. The van der Waals surface area contributed by atoms with Gasteiger partial charge >= 0.3 is 0 Å². The largest absolute Gasteiger partial charge is 0.355 e. The van der Waals surface area contributed by atoms with Gasteiger partial charge in [-0.3, -0.25) is 0 Å². The van der Waals surface area contributed by atoms with Gasteiger partial charge in [-0.25, -0.2) is 4.73 Å². The van der Waals surface area contributed by atoms with Crippen molar-refractivity contribution in [1.29, 1.82) is 0 Å². The Morgan fingerprint density at radius 1 is 1.05 bits per heavy atom. The third kappa shape index (κ3) is 10.7. The van der Waals surface area contributed by atoms with Crippen LogP contribution in [0.4, 0.5) is 0 Å². The van der Waals surface area contributed by atoms with E-state index < -0.39 is 0 Å². The van der Waals surface area contributed by atoms with Crippen LogP contribution >= 0.6 is 0 Å². The van der Waals surface area contributed by atoms with Gasteiger partial charge in [-0.05, 0) is 25.3 Å². The lowest BCUT2D eigenvalue weighted by Gasteiger charge is -2.26. The maximum atomic E-state index is 5.88. The van der Waals surface area contributed by atoms with Crippen molar-refractivity contribution in [2.45, 2.75) is 83.3 Å². The molecule has 1 atom stereocenters. The van der Waals surface area contributed by atoms with Gasteiger partial charge in [-0.1, -0.05) is 51.9 Å². The summed E-state index contributed by atoms with van der Waals surface area (Å²) in [7, 11) is 1.61. The van der Waals surface area contributed by atoms with Gasteiger partial charge in [0.1, 0.15) is 16.5 Å². The van der Waals surface area contributed by atoms with E-state index in [0.29, 0.717) is 12.9 Å². The second kappa shape index (κ2) is 14.6. The van der Waals surface area contributed by atoms with E-state index in [9.17, 15) is 0 Å². The average Bonchev–Trinajstić information content (AvgIpc) is 2.51. The van der Waals surface area contributed by atoms with Crippen LogP contribution in [0.5, 0.6) is 0 Å². The summed E-state index contributed by atoms with van der Waals surface area (Å²) in [6, 6.07) is 1.33. The van der Waals surface area contributed by atoms with Gasteiger partial charge in [0.15, 0.2) is 0 Å². The molecule has 1 saturated heterocycles. The molecule has 132 valence electrons. The van der Waals surface area contributed by atoms with Crippen molar-refractivity contribution in [2.75, 3.05) is 27.1 Å². The Kier molecular flexibility index (Phi) is 13.4. The van der Waals surface area contributed by atoms with Crippen LogP contribution in [0.1, 0.15) is 71.1 Å². The molecule has 0 radical (unpaired) electrons. The van der Waals surface area contributed by atoms with Gasteiger partial charge in [0.05, 0.1) is 13.2 Å². The Balaban J connectivity index is 1.90. The highest BCUT2D eigenvalue weighted by atomic mass is 28.2. The monoisotopic (exact) mass is 331 g/mol. The van der Waals surface area contributed by atoms with E-state index in [1.54, 1.807) is 7.11 Å². The third-order valence-corrected chi connectivity index (χ3v) is 6.31. The maximum absolute atomic E-state index is 5.88. The van der Waals surface area contributed by atoms with Crippen LogP contribution in [0.25, 0.3) is 0 Å². The Morgan fingerprint density at radius 3 is 2.59 bits per heavy atom. The van der Waals surface area contributed by atoms with Gasteiger partial charge < -0.3 is 14.3 Å². The quantitative estimate of drug-likeness (QED) is 0.310. The predicted octanol–water partition coefficient (Wildman–Crippen LogP) is 3.65. The zero-order valence-corrected chi connectivity index (χ0v) is 16.3. The smallest absolute Gasteiger partial charge is 0.147 e. The molecule has 1 heterocycles. The first-order valence-electron chi connectivity index (χ1n) is 9.35. The van der Waals surface area contributed by atoms with Crippen molar-refractivity contribution < 1.29 is 14.3 Å². The van der Waals surface area contributed by atoms with Gasteiger partial charge in [0.2, 0.25) is 0 Å². The van der Waals surface area contributed by atoms with E-state index >= 15 is 0 Å². The summed E-state index contributed by atoms with van der Waals surface area (Å²) in [5.74, 6) is 0. The Morgan fingerprint density at radius 2 is 1.82 bits per heavy atom. The fraction of sp³-hybridized carbons (Fsp3) is 1.00. The summed E-state index contributed by atoms with van der Waals surface area (Å²) in [5, 5.41) is 0. The zero-order valence-electron chi connectivity index (χ0n) is 14.9. The lowest BCUT2D eigenvalue weighted by Crippen LogP contribution is -2.33. The number of nitrogens with zero attached hydrogens (tertiary/aromatic N) is 1. The Labute approximate surface area is 139 Å². The lowest BCUT2D eigenvalue weighted by atomic mass is 10.1. The van der Waals surface area contributed by atoms with Crippen LogP contribution in [0.15, 0.2) is 0 Å². The molecule has 22 heavy (non-hydrogen) atoms. The first-order chi connectivity index (χ1) is 10.9. The minimum absolute atomic E-state index is 0.174. The third-order valence-electron chi connectivity index (χ3n) is 4.42. The van der Waals surface area contributed by atoms with Gasteiger partial charge in [0, 0.05) is 13.2 Å². The molecule has 1 aliphatic heterocycles.